The molecule has 2 aromatic rings. The van der Waals surface area contributed by atoms with E-state index in [1.807, 2.05) is 0 Å². The number of aromatic nitrogens is 2. The summed E-state index contributed by atoms with van der Waals surface area (Å²) in [5.74, 6) is 0.813. The largest absolute Gasteiger partial charge is 0.493 e. The molecule has 1 aromatic carbocycles. The molecular formula is C13H17N3O4S. The molecule has 0 saturated heterocycles. The SMILES string of the molecule is COc1ccc(S(=O)(=O)Nc2c(C)n[nH]c2C)cc1OC. The Hall–Kier alpha value is -2.22. The second-order valence-corrected chi connectivity index (χ2v) is 6.11. The summed E-state index contributed by atoms with van der Waals surface area (Å²) in [4.78, 5) is 0.0835. The van der Waals surface area contributed by atoms with E-state index in [9.17, 15) is 8.42 Å². The van der Waals surface area contributed by atoms with Gasteiger partial charge in [0.1, 0.15) is 0 Å². The number of anilines is 1. The molecule has 0 aliphatic rings. The zero-order valence-electron chi connectivity index (χ0n) is 12.2. The van der Waals surface area contributed by atoms with Crippen LogP contribution in [-0.2, 0) is 10.0 Å². The number of hydrogen-bond acceptors (Lipinski definition) is 5. The Morgan fingerprint density at radius 2 is 1.81 bits per heavy atom. The van der Waals surface area contributed by atoms with Crippen LogP contribution >= 0.6 is 0 Å². The Kier molecular flexibility index (Phi) is 4.08. The van der Waals surface area contributed by atoms with Crippen molar-refractivity contribution in [2.45, 2.75) is 18.7 Å². The lowest BCUT2D eigenvalue weighted by atomic mass is 10.3. The van der Waals surface area contributed by atoms with E-state index in [1.165, 1.54) is 26.4 Å². The molecule has 0 atom stereocenters. The quantitative estimate of drug-likeness (QED) is 0.879. The Labute approximate surface area is 123 Å². The number of rotatable bonds is 5. The maximum absolute atomic E-state index is 12.4. The number of nitrogens with one attached hydrogen (secondary N) is 2. The van der Waals surface area contributed by atoms with Crippen molar-refractivity contribution in [3.63, 3.8) is 0 Å². The van der Waals surface area contributed by atoms with Crippen LogP contribution in [0.4, 0.5) is 5.69 Å². The van der Waals surface area contributed by atoms with E-state index >= 15 is 0 Å². The third-order valence-electron chi connectivity index (χ3n) is 3.03. The standard InChI is InChI=1S/C13H17N3O4S/c1-8-13(9(2)15-14-8)16-21(17,18)10-5-6-11(19-3)12(7-10)20-4/h5-7,16H,1-4H3,(H,14,15). The molecule has 0 fully saturated rings. The minimum Gasteiger partial charge on any atom is -0.493 e. The molecule has 0 aliphatic heterocycles. The molecule has 0 bridgehead atoms. The van der Waals surface area contributed by atoms with Gasteiger partial charge in [-0.05, 0) is 26.0 Å². The van der Waals surface area contributed by atoms with Gasteiger partial charge in [-0.2, -0.15) is 5.10 Å². The first kappa shape index (κ1) is 15.2. The predicted molar refractivity (Wildman–Crippen MR) is 78.4 cm³/mol. The first-order valence-electron chi connectivity index (χ1n) is 6.15. The van der Waals surface area contributed by atoms with Crippen LogP contribution in [0.25, 0.3) is 0 Å². The van der Waals surface area contributed by atoms with Gasteiger partial charge in [0.15, 0.2) is 11.5 Å². The zero-order valence-corrected chi connectivity index (χ0v) is 13.0. The number of aryl methyl sites for hydroxylation is 2. The van der Waals surface area contributed by atoms with Crippen molar-refractivity contribution in [1.29, 1.82) is 0 Å². The maximum Gasteiger partial charge on any atom is 0.262 e. The molecule has 114 valence electrons. The number of nitrogens with zero attached hydrogens (tertiary/aromatic N) is 1. The van der Waals surface area contributed by atoms with Crippen LogP contribution in [0.15, 0.2) is 23.1 Å². The second kappa shape index (κ2) is 5.65. The van der Waals surface area contributed by atoms with Gasteiger partial charge < -0.3 is 9.47 Å². The lowest BCUT2D eigenvalue weighted by Gasteiger charge is -2.11. The fraction of sp³-hybridized carbons (Fsp3) is 0.308. The molecule has 2 rings (SSSR count). The molecule has 8 heteroatoms. The molecule has 21 heavy (non-hydrogen) atoms. The van der Waals surface area contributed by atoms with Gasteiger partial charge in [0.2, 0.25) is 0 Å². The summed E-state index contributed by atoms with van der Waals surface area (Å²) in [7, 11) is -0.792. The van der Waals surface area contributed by atoms with Gasteiger partial charge in [0.25, 0.3) is 10.0 Å². The summed E-state index contributed by atoms with van der Waals surface area (Å²) in [5, 5.41) is 6.69. The fourth-order valence-electron chi connectivity index (χ4n) is 1.88. The Balaban J connectivity index is 2.40. The second-order valence-electron chi connectivity index (χ2n) is 4.43. The van der Waals surface area contributed by atoms with Crippen LogP contribution in [0.5, 0.6) is 11.5 Å². The van der Waals surface area contributed by atoms with Gasteiger partial charge in [-0.1, -0.05) is 0 Å². The number of aromatic amines is 1. The van der Waals surface area contributed by atoms with Crippen molar-refractivity contribution in [3.05, 3.63) is 29.6 Å². The van der Waals surface area contributed by atoms with E-state index in [0.29, 0.717) is 28.6 Å². The van der Waals surface area contributed by atoms with Crippen LogP contribution in [0.1, 0.15) is 11.4 Å². The number of benzene rings is 1. The summed E-state index contributed by atoms with van der Waals surface area (Å²) in [5.41, 5.74) is 1.68. The average molecular weight is 311 g/mol. The molecule has 0 radical (unpaired) electrons. The highest BCUT2D eigenvalue weighted by molar-refractivity contribution is 7.92. The molecule has 0 aliphatic carbocycles. The molecular weight excluding hydrogens is 294 g/mol. The molecule has 0 amide bonds. The van der Waals surface area contributed by atoms with Crippen LogP contribution in [0.3, 0.4) is 0 Å². The highest BCUT2D eigenvalue weighted by Gasteiger charge is 2.20. The van der Waals surface area contributed by atoms with E-state index < -0.39 is 10.0 Å². The Morgan fingerprint density at radius 3 is 2.33 bits per heavy atom. The summed E-state index contributed by atoms with van der Waals surface area (Å²) < 4.78 is 37.6. The Bertz CT molecular complexity index is 733. The summed E-state index contributed by atoms with van der Waals surface area (Å²) in [6.45, 7) is 3.46. The normalized spacial score (nSPS) is 11.2. The number of methoxy groups -OCH3 is 2. The highest BCUT2D eigenvalue weighted by atomic mass is 32.2. The lowest BCUT2D eigenvalue weighted by molar-refractivity contribution is 0.354. The molecule has 1 heterocycles. The monoisotopic (exact) mass is 311 g/mol. The summed E-state index contributed by atoms with van der Waals surface area (Å²) >= 11 is 0. The van der Waals surface area contributed by atoms with E-state index in [1.54, 1.807) is 19.9 Å². The lowest BCUT2D eigenvalue weighted by Crippen LogP contribution is -2.14. The molecule has 2 N–H and O–H groups in total. The molecule has 0 saturated carbocycles. The van der Waals surface area contributed by atoms with E-state index in [0.717, 1.165) is 0 Å². The highest BCUT2D eigenvalue weighted by Crippen LogP contribution is 2.30. The number of H-pyrrole nitrogens is 1. The van der Waals surface area contributed by atoms with Crippen LogP contribution in [-0.4, -0.2) is 32.8 Å². The molecule has 1 aromatic heterocycles. The predicted octanol–water partition coefficient (Wildman–Crippen LogP) is 1.84. The van der Waals surface area contributed by atoms with Crippen molar-refractivity contribution >= 4 is 15.7 Å². The molecule has 0 spiro atoms. The third kappa shape index (κ3) is 2.94. The first-order valence-corrected chi connectivity index (χ1v) is 7.63. The van der Waals surface area contributed by atoms with Gasteiger partial charge in [-0.3, -0.25) is 9.82 Å². The van der Waals surface area contributed by atoms with Gasteiger partial charge in [0.05, 0.1) is 36.2 Å². The minimum absolute atomic E-state index is 0.0835. The van der Waals surface area contributed by atoms with Crippen molar-refractivity contribution in [1.82, 2.24) is 10.2 Å². The number of sulfonamides is 1. The van der Waals surface area contributed by atoms with Crippen LogP contribution in [0.2, 0.25) is 0 Å². The first-order chi connectivity index (χ1) is 9.89. The number of ether oxygens (including phenoxy) is 2. The van der Waals surface area contributed by atoms with E-state index in [4.69, 9.17) is 9.47 Å². The molecule has 0 unspecified atom stereocenters. The summed E-state index contributed by atoms with van der Waals surface area (Å²) in [6.07, 6.45) is 0. The summed E-state index contributed by atoms with van der Waals surface area (Å²) in [6, 6.07) is 4.41. The van der Waals surface area contributed by atoms with Gasteiger partial charge in [-0.25, -0.2) is 8.42 Å². The van der Waals surface area contributed by atoms with Crippen molar-refractivity contribution in [2.75, 3.05) is 18.9 Å². The van der Waals surface area contributed by atoms with Crippen LogP contribution in [0, 0.1) is 13.8 Å². The Morgan fingerprint density at radius 1 is 1.14 bits per heavy atom. The third-order valence-corrected chi connectivity index (χ3v) is 4.38. The average Bonchev–Trinajstić information content (AvgIpc) is 2.78. The topological polar surface area (TPSA) is 93.3 Å². The van der Waals surface area contributed by atoms with Crippen molar-refractivity contribution in [3.8, 4) is 11.5 Å². The fourth-order valence-corrected chi connectivity index (χ4v) is 3.08. The van der Waals surface area contributed by atoms with Crippen molar-refractivity contribution in [2.24, 2.45) is 0 Å². The van der Waals surface area contributed by atoms with E-state index in [-0.39, 0.29) is 4.90 Å². The van der Waals surface area contributed by atoms with Gasteiger partial charge >= 0.3 is 0 Å². The van der Waals surface area contributed by atoms with Gasteiger partial charge in [0, 0.05) is 6.07 Å². The van der Waals surface area contributed by atoms with Gasteiger partial charge in [-0.15, -0.1) is 0 Å². The maximum atomic E-state index is 12.4. The molecule has 7 nitrogen and oxygen atoms in total. The zero-order chi connectivity index (χ0) is 15.6. The van der Waals surface area contributed by atoms with E-state index in [2.05, 4.69) is 14.9 Å². The van der Waals surface area contributed by atoms with Crippen LogP contribution < -0.4 is 14.2 Å². The smallest absolute Gasteiger partial charge is 0.262 e. The number of hydrogen-bond donors (Lipinski definition) is 2. The van der Waals surface area contributed by atoms with Crippen molar-refractivity contribution < 1.29 is 17.9 Å². The minimum atomic E-state index is -3.73.